The Bertz CT molecular complexity index is 890. The Balaban J connectivity index is 1.48. The van der Waals surface area contributed by atoms with E-state index in [0.717, 1.165) is 15.6 Å². The van der Waals surface area contributed by atoms with Gasteiger partial charge in [-0.15, -0.1) is 5.10 Å². The van der Waals surface area contributed by atoms with Crippen molar-refractivity contribution in [2.75, 3.05) is 25.4 Å². The molecule has 11 heteroatoms. The molecule has 0 bridgehead atoms. The van der Waals surface area contributed by atoms with E-state index in [2.05, 4.69) is 10.1 Å². The number of aryl methyl sites for hydroxylation is 1. The first-order valence-electron chi connectivity index (χ1n) is 8.63. The Morgan fingerprint density at radius 2 is 1.96 bits per heavy atom. The molecule has 0 aliphatic carbocycles. The van der Waals surface area contributed by atoms with E-state index in [1.165, 1.54) is 0 Å². The molecule has 0 amide bonds. The van der Waals surface area contributed by atoms with E-state index >= 15 is 0 Å². The van der Waals surface area contributed by atoms with Gasteiger partial charge in [0.25, 0.3) is 0 Å². The van der Waals surface area contributed by atoms with Crippen molar-refractivity contribution in [2.45, 2.75) is 32.4 Å². The summed E-state index contributed by atoms with van der Waals surface area (Å²) in [5.41, 5.74) is 1.57. The third-order valence-corrected chi connectivity index (χ3v) is 6.37. The summed E-state index contributed by atoms with van der Waals surface area (Å²) in [7, 11) is -3.88. The molecule has 0 aromatic carbocycles. The van der Waals surface area contributed by atoms with Crippen LogP contribution in [0, 0.1) is 12.8 Å². The van der Waals surface area contributed by atoms with Crippen molar-refractivity contribution in [1.29, 1.82) is 0 Å². The highest BCUT2D eigenvalue weighted by Gasteiger charge is 2.34. The van der Waals surface area contributed by atoms with Crippen LogP contribution in [0.25, 0.3) is 5.65 Å². The molecule has 0 unspecified atom stereocenters. The molecule has 2 aromatic rings. The zero-order valence-electron chi connectivity index (χ0n) is 14.8. The summed E-state index contributed by atoms with van der Waals surface area (Å²) in [5.74, 6) is -0.326. The third-order valence-electron chi connectivity index (χ3n) is 4.49. The van der Waals surface area contributed by atoms with Gasteiger partial charge in [-0.3, -0.25) is 0 Å². The lowest BCUT2D eigenvalue weighted by Crippen LogP contribution is -2.41. The fraction of sp³-hybridized carbons (Fsp3) is 0.625. The Kier molecular flexibility index (Phi) is 5.61. The number of nitrogens with zero attached hydrogens (tertiary/aromatic N) is 4. The maximum Gasteiger partial charge on any atom is 0.390 e. The van der Waals surface area contributed by atoms with E-state index in [0.29, 0.717) is 25.3 Å². The summed E-state index contributed by atoms with van der Waals surface area (Å²) in [6.07, 6.45) is -2.93. The molecule has 0 spiro atoms. The van der Waals surface area contributed by atoms with Crippen LogP contribution >= 0.6 is 0 Å². The Labute approximate surface area is 155 Å². The van der Waals surface area contributed by atoms with Gasteiger partial charge >= 0.3 is 6.18 Å². The average molecular weight is 406 g/mol. The summed E-state index contributed by atoms with van der Waals surface area (Å²) >= 11 is 0. The van der Waals surface area contributed by atoms with Gasteiger partial charge in [0, 0.05) is 19.2 Å². The number of ether oxygens (including phenoxy) is 1. The van der Waals surface area contributed by atoms with Gasteiger partial charge in [-0.1, -0.05) is 0 Å². The predicted molar refractivity (Wildman–Crippen MR) is 92.0 cm³/mol. The fourth-order valence-corrected chi connectivity index (χ4v) is 4.51. The molecule has 1 saturated heterocycles. The molecular formula is C16H21F3N4O3S. The normalized spacial score (nSPS) is 17.5. The van der Waals surface area contributed by atoms with Crippen LogP contribution in [0.15, 0.2) is 18.3 Å². The average Bonchev–Trinajstić information content (AvgIpc) is 2.97. The number of fused-ring (bicyclic) bond motifs is 1. The first kappa shape index (κ1) is 19.9. The van der Waals surface area contributed by atoms with Crippen LogP contribution in [0.3, 0.4) is 0 Å². The molecule has 0 atom stereocenters. The quantitative estimate of drug-likeness (QED) is 0.736. The molecule has 1 aliphatic rings. The number of halogens is 3. The molecular weight excluding hydrogens is 385 g/mol. The van der Waals surface area contributed by atoms with Crippen LogP contribution in [0.4, 0.5) is 13.2 Å². The molecule has 0 N–H and O–H groups in total. The van der Waals surface area contributed by atoms with Crippen LogP contribution in [0.1, 0.15) is 25.0 Å². The fourth-order valence-electron chi connectivity index (χ4n) is 2.99. The van der Waals surface area contributed by atoms with Crippen molar-refractivity contribution in [3.8, 4) is 5.88 Å². The minimum absolute atomic E-state index is 0.126. The van der Waals surface area contributed by atoms with Crippen molar-refractivity contribution in [1.82, 2.24) is 18.9 Å². The van der Waals surface area contributed by atoms with E-state index in [9.17, 15) is 21.6 Å². The molecule has 150 valence electrons. The summed E-state index contributed by atoms with van der Waals surface area (Å²) < 4.78 is 69.3. The van der Waals surface area contributed by atoms with Crippen molar-refractivity contribution in [3.63, 3.8) is 0 Å². The van der Waals surface area contributed by atoms with Gasteiger partial charge in [0.1, 0.15) is 0 Å². The molecule has 0 radical (unpaired) electrons. The van der Waals surface area contributed by atoms with Crippen molar-refractivity contribution in [3.05, 3.63) is 24.0 Å². The van der Waals surface area contributed by atoms with E-state index in [1.807, 2.05) is 6.92 Å². The minimum Gasteiger partial charge on any atom is -0.476 e. The number of hydrogen-bond acceptors (Lipinski definition) is 5. The zero-order valence-corrected chi connectivity index (χ0v) is 15.6. The lowest BCUT2D eigenvalue weighted by Gasteiger charge is -2.31. The van der Waals surface area contributed by atoms with Gasteiger partial charge in [-0.25, -0.2) is 22.2 Å². The van der Waals surface area contributed by atoms with Crippen LogP contribution in [0.5, 0.6) is 5.88 Å². The van der Waals surface area contributed by atoms with Crippen LogP contribution < -0.4 is 4.74 Å². The number of sulfonamides is 1. The number of hydrogen-bond donors (Lipinski definition) is 0. The van der Waals surface area contributed by atoms with Crippen LogP contribution in [-0.2, 0) is 10.0 Å². The first-order valence-corrected chi connectivity index (χ1v) is 10.2. The van der Waals surface area contributed by atoms with E-state index in [-0.39, 0.29) is 19.0 Å². The monoisotopic (exact) mass is 406 g/mol. The minimum atomic E-state index is -4.47. The second kappa shape index (κ2) is 7.63. The SMILES string of the molecule is Cc1cn2nc(OCC3CCN(S(=O)(=O)CCC(F)(F)F)CC3)ccc2n1. The van der Waals surface area contributed by atoms with Crippen molar-refractivity contribution < 1.29 is 26.3 Å². The van der Waals surface area contributed by atoms with Gasteiger partial charge in [0.05, 0.1) is 30.7 Å². The maximum absolute atomic E-state index is 12.3. The Morgan fingerprint density at radius 1 is 1.26 bits per heavy atom. The van der Waals surface area contributed by atoms with E-state index in [4.69, 9.17) is 4.74 Å². The Hall–Kier alpha value is -1.88. The number of alkyl halides is 3. The number of imidazole rings is 1. The van der Waals surface area contributed by atoms with Crippen LogP contribution in [0.2, 0.25) is 0 Å². The zero-order chi connectivity index (χ0) is 19.7. The highest BCUT2D eigenvalue weighted by atomic mass is 32.2. The van der Waals surface area contributed by atoms with Crippen molar-refractivity contribution >= 4 is 15.7 Å². The van der Waals surface area contributed by atoms with Gasteiger partial charge in [-0.05, 0) is 31.7 Å². The second-order valence-corrected chi connectivity index (χ2v) is 8.78. The van der Waals surface area contributed by atoms with Gasteiger partial charge in [0.15, 0.2) is 5.65 Å². The molecule has 2 aromatic heterocycles. The van der Waals surface area contributed by atoms with Gasteiger partial charge in [-0.2, -0.15) is 13.2 Å². The summed E-state index contributed by atoms with van der Waals surface area (Å²) in [6.45, 7) is 2.66. The molecule has 27 heavy (non-hydrogen) atoms. The highest BCUT2D eigenvalue weighted by Crippen LogP contribution is 2.24. The molecule has 3 heterocycles. The number of piperidine rings is 1. The second-order valence-electron chi connectivity index (χ2n) is 6.69. The molecule has 7 nitrogen and oxygen atoms in total. The highest BCUT2D eigenvalue weighted by molar-refractivity contribution is 7.89. The summed E-state index contributed by atoms with van der Waals surface area (Å²) in [4.78, 5) is 4.28. The molecule has 3 rings (SSSR count). The van der Waals surface area contributed by atoms with E-state index in [1.54, 1.807) is 22.8 Å². The molecule has 0 saturated carbocycles. The summed E-state index contributed by atoms with van der Waals surface area (Å²) in [6, 6.07) is 3.52. The Morgan fingerprint density at radius 3 is 2.63 bits per heavy atom. The topological polar surface area (TPSA) is 76.8 Å². The van der Waals surface area contributed by atoms with Gasteiger partial charge in [0.2, 0.25) is 15.9 Å². The lowest BCUT2D eigenvalue weighted by atomic mass is 9.99. The van der Waals surface area contributed by atoms with Gasteiger partial charge < -0.3 is 4.74 Å². The third kappa shape index (κ3) is 5.32. The number of rotatable bonds is 6. The van der Waals surface area contributed by atoms with Crippen molar-refractivity contribution in [2.24, 2.45) is 5.92 Å². The van der Waals surface area contributed by atoms with E-state index < -0.39 is 28.4 Å². The largest absolute Gasteiger partial charge is 0.476 e. The lowest BCUT2D eigenvalue weighted by molar-refractivity contribution is -0.130. The standard InChI is InChI=1S/C16H21F3N4O3S/c1-12-10-23-14(20-12)2-3-15(21-23)26-11-13-4-7-22(8-5-13)27(24,25)9-6-16(17,18)19/h2-3,10,13H,4-9,11H2,1H3. The number of aromatic nitrogens is 3. The maximum atomic E-state index is 12.3. The summed E-state index contributed by atoms with van der Waals surface area (Å²) in [5, 5.41) is 4.30. The van der Waals surface area contributed by atoms with Crippen LogP contribution in [-0.4, -0.2) is 58.9 Å². The molecule has 1 aliphatic heterocycles. The smallest absolute Gasteiger partial charge is 0.390 e. The first-order chi connectivity index (χ1) is 12.6. The predicted octanol–water partition coefficient (Wildman–Crippen LogP) is 2.41. The molecule has 1 fully saturated rings.